The van der Waals surface area contributed by atoms with Crippen molar-refractivity contribution in [1.82, 2.24) is 20.5 Å². The van der Waals surface area contributed by atoms with Crippen LogP contribution in [0.4, 0.5) is 4.79 Å². The zero-order valence-corrected chi connectivity index (χ0v) is 28.8. The number of nitrogens with one attached hydrogen (secondary N) is 2. The van der Waals surface area contributed by atoms with Crippen molar-refractivity contribution in [3.63, 3.8) is 0 Å². The van der Waals surface area contributed by atoms with E-state index in [4.69, 9.17) is 23.9 Å². The van der Waals surface area contributed by atoms with E-state index in [1.54, 1.807) is 64.3 Å². The molecule has 1 aromatic heterocycles. The molecule has 0 radical (unpaired) electrons. The molecule has 1 fully saturated rings. The average molecular weight is 697 g/mol. The van der Waals surface area contributed by atoms with Crippen LogP contribution in [0.1, 0.15) is 32.8 Å². The number of carbonyl (C=O) groups excluding carboxylic acids is 3. The van der Waals surface area contributed by atoms with Gasteiger partial charge >= 0.3 is 12.1 Å². The highest BCUT2D eigenvalue weighted by Gasteiger charge is 2.44. The molecule has 3 aromatic carbocycles. The molecule has 3 amide bonds. The smallest absolute Gasteiger partial charge is 0.408 e. The number of aromatic nitrogens is 1. The molecular formula is C38H40N4O9. The minimum atomic E-state index is -1.40. The Morgan fingerprint density at radius 3 is 2.53 bits per heavy atom. The monoisotopic (exact) mass is 696 g/mol. The normalized spacial score (nSPS) is 20.8. The SMILES string of the molecule is COc1ccc2c(O[C@@H]3C[C@H]4C(=O)NC(C(=O)O)COc5cccc(c5)CC(NC(=O)OC(C)(C)C)C(=O)N4C3)cc(-c3ccccc3)nc2c1. The van der Waals surface area contributed by atoms with Crippen molar-refractivity contribution in [3.05, 3.63) is 84.4 Å². The summed E-state index contributed by atoms with van der Waals surface area (Å²) in [5.74, 6) is -1.11. The molecular weight excluding hydrogens is 656 g/mol. The van der Waals surface area contributed by atoms with Crippen LogP contribution in [-0.2, 0) is 25.5 Å². The molecule has 266 valence electrons. The van der Waals surface area contributed by atoms with Gasteiger partial charge in [-0.05, 0) is 50.6 Å². The van der Waals surface area contributed by atoms with Crippen LogP contribution in [0.25, 0.3) is 22.2 Å². The summed E-state index contributed by atoms with van der Waals surface area (Å²) >= 11 is 0. The molecule has 4 atom stereocenters. The lowest BCUT2D eigenvalue weighted by Gasteiger charge is -2.29. The third kappa shape index (κ3) is 8.31. The van der Waals surface area contributed by atoms with Gasteiger partial charge in [-0.15, -0.1) is 0 Å². The summed E-state index contributed by atoms with van der Waals surface area (Å²) < 4.78 is 23.3. The first kappa shape index (κ1) is 35.0. The number of pyridine rings is 1. The third-order valence-corrected chi connectivity index (χ3v) is 8.55. The molecule has 2 bridgehead atoms. The number of carboxylic acid groups (broad SMARTS) is 1. The first-order chi connectivity index (χ1) is 24.4. The van der Waals surface area contributed by atoms with Gasteiger partial charge in [0, 0.05) is 35.9 Å². The molecule has 3 heterocycles. The molecule has 0 spiro atoms. The van der Waals surface area contributed by atoms with Crippen molar-refractivity contribution in [2.75, 3.05) is 20.3 Å². The Bertz CT molecular complexity index is 1950. The lowest BCUT2D eigenvalue weighted by Crippen LogP contribution is -2.56. The molecule has 1 saturated heterocycles. The zero-order valence-electron chi connectivity index (χ0n) is 28.8. The highest BCUT2D eigenvalue weighted by Crippen LogP contribution is 2.35. The van der Waals surface area contributed by atoms with Crippen LogP contribution in [0.2, 0.25) is 0 Å². The fourth-order valence-corrected chi connectivity index (χ4v) is 6.18. The Balaban J connectivity index is 1.37. The molecule has 13 heteroatoms. The first-order valence-electron chi connectivity index (χ1n) is 16.6. The van der Waals surface area contributed by atoms with Gasteiger partial charge in [-0.1, -0.05) is 42.5 Å². The van der Waals surface area contributed by atoms with Crippen LogP contribution < -0.4 is 24.8 Å². The Hall–Kier alpha value is -5.85. The summed E-state index contributed by atoms with van der Waals surface area (Å²) in [6.07, 6.45) is -1.41. The number of aliphatic carboxylic acids is 1. The maximum Gasteiger partial charge on any atom is 0.408 e. The summed E-state index contributed by atoms with van der Waals surface area (Å²) in [7, 11) is 1.57. The van der Waals surface area contributed by atoms with Crippen molar-refractivity contribution >= 4 is 34.8 Å². The second-order valence-corrected chi connectivity index (χ2v) is 13.5. The van der Waals surface area contributed by atoms with E-state index in [9.17, 15) is 24.3 Å². The Morgan fingerprint density at radius 2 is 1.80 bits per heavy atom. The van der Waals surface area contributed by atoms with Gasteiger partial charge in [0.15, 0.2) is 6.04 Å². The molecule has 2 aliphatic rings. The Labute approximate surface area is 294 Å². The third-order valence-electron chi connectivity index (χ3n) is 8.55. The lowest BCUT2D eigenvalue weighted by molar-refractivity contribution is -0.145. The summed E-state index contributed by atoms with van der Waals surface area (Å²) in [6, 6.07) is 19.9. The highest BCUT2D eigenvalue weighted by atomic mass is 16.6. The van der Waals surface area contributed by atoms with Gasteiger partial charge < -0.3 is 39.6 Å². The second-order valence-electron chi connectivity index (χ2n) is 13.5. The lowest BCUT2D eigenvalue weighted by atomic mass is 10.0. The van der Waals surface area contributed by atoms with Crippen LogP contribution >= 0.6 is 0 Å². The number of nitrogens with zero attached hydrogens (tertiary/aromatic N) is 2. The number of hydrogen-bond donors (Lipinski definition) is 3. The maximum atomic E-state index is 14.5. The molecule has 0 saturated carbocycles. The molecule has 13 nitrogen and oxygen atoms in total. The van der Waals surface area contributed by atoms with Crippen LogP contribution in [0.15, 0.2) is 78.9 Å². The summed E-state index contributed by atoms with van der Waals surface area (Å²) in [5.41, 5.74) is 1.93. The highest BCUT2D eigenvalue weighted by molar-refractivity contribution is 5.94. The number of ether oxygens (including phenoxy) is 4. The van der Waals surface area contributed by atoms with Crippen LogP contribution in [0.5, 0.6) is 17.2 Å². The number of hydrogen-bond acceptors (Lipinski definition) is 9. The number of rotatable bonds is 6. The number of amides is 3. The minimum absolute atomic E-state index is 0.0294. The first-order valence-corrected chi connectivity index (χ1v) is 16.6. The van der Waals surface area contributed by atoms with Crippen molar-refractivity contribution in [1.29, 1.82) is 0 Å². The number of fused-ring (bicyclic) bond motifs is 4. The van der Waals surface area contributed by atoms with E-state index in [-0.39, 0.29) is 26.0 Å². The van der Waals surface area contributed by atoms with Crippen LogP contribution in [-0.4, -0.2) is 89.0 Å². The quantitative estimate of drug-likeness (QED) is 0.264. The topological polar surface area (TPSA) is 166 Å². The van der Waals surface area contributed by atoms with Gasteiger partial charge in [0.2, 0.25) is 11.8 Å². The molecule has 0 aliphatic carbocycles. The number of methoxy groups -OCH3 is 1. The van der Waals surface area contributed by atoms with E-state index in [0.29, 0.717) is 39.4 Å². The van der Waals surface area contributed by atoms with Gasteiger partial charge in [0.1, 0.15) is 47.6 Å². The van der Waals surface area contributed by atoms with Gasteiger partial charge in [0.05, 0.1) is 24.9 Å². The van der Waals surface area contributed by atoms with E-state index >= 15 is 0 Å². The molecule has 51 heavy (non-hydrogen) atoms. The number of benzene rings is 3. The Morgan fingerprint density at radius 1 is 1.02 bits per heavy atom. The van der Waals surface area contributed by atoms with Crippen LogP contribution in [0.3, 0.4) is 0 Å². The van der Waals surface area contributed by atoms with Crippen molar-refractivity contribution in [3.8, 4) is 28.5 Å². The number of carbonyl (C=O) groups is 4. The minimum Gasteiger partial charge on any atom is -0.497 e. The molecule has 2 aliphatic heterocycles. The fraction of sp³-hybridized carbons (Fsp3) is 0.342. The van der Waals surface area contributed by atoms with Crippen molar-refractivity contribution in [2.24, 2.45) is 0 Å². The zero-order chi connectivity index (χ0) is 36.3. The molecule has 2 unspecified atom stereocenters. The van der Waals surface area contributed by atoms with Crippen molar-refractivity contribution in [2.45, 2.75) is 63.4 Å². The fourth-order valence-electron chi connectivity index (χ4n) is 6.18. The summed E-state index contributed by atoms with van der Waals surface area (Å²) in [6.45, 7) is 4.76. The van der Waals surface area contributed by atoms with Gasteiger partial charge in [-0.3, -0.25) is 9.59 Å². The van der Waals surface area contributed by atoms with Gasteiger partial charge in [-0.2, -0.15) is 0 Å². The van der Waals surface area contributed by atoms with E-state index in [0.717, 1.165) is 5.56 Å². The number of carboxylic acids is 1. The number of alkyl carbamates (subject to hydrolysis) is 1. The predicted molar refractivity (Wildman–Crippen MR) is 187 cm³/mol. The van der Waals surface area contributed by atoms with Gasteiger partial charge in [-0.25, -0.2) is 14.6 Å². The second kappa shape index (κ2) is 14.6. The van der Waals surface area contributed by atoms with Crippen LogP contribution in [0, 0.1) is 0 Å². The van der Waals surface area contributed by atoms with E-state index in [2.05, 4.69) is 10.6 Å². The van der Waals surface area contributed by atoms with E-state index < -0.39 is 53.7 Å². The van der Waals surface area contributed by atoms with Gasteiger partial charge in [0.25, 0.3) is 0 Å². The standard InChI is InChI=1S/C38H40N4O9/c1-38(2,3)51-37(47)41-30-16-22-9-8-12-25(15-22)49-21-31(36(45)46)40-34(43)32-18-26(20-42(32)35(30)44)50-33-19-28(23-10-6-5-7-11-23)39-29-17-24(48-4)13-14-27(29)33/h5-15,17,19,26,30-32H,16,18,20-21H2,1-4H3,(H,40,43)(H,41,47)(H,45,46)/t26-,30?,31?,32+/m1/s1. The summed E-state index contributed by atoms with van der Waals surface area (Å²) in [4.78, 5) is 59.7. The molecule has 6 rings (SSSR count). The van der Waals surface area contributed by atoms with Crippen molar-refractivity contribution < 1.29 is 43.2 Å². The largest absolute Gasteiger partial charge is 0.497 e. The predicted octanol–water partition coefficient (Wildman–Crippen LogP) is 4.36. The van der Waals surface area contributed by atoms with E-state index in [1.807, 2.05) is 42.5 Å². The molecule has 4 aromatic rings. The summed E-state index contributed by atoms with van der Waals surface area (Å²) in [5, 5.41) is 15.9. The average Bonchev–Trinajstić information content (AvgIpc) is 3.52. The Kier molecular flexibility index (Phi) is 9.99. The van der Waals surface area contributed by atoms with E-state index in [1.165, 1.54) is 4.90 Å². The molecule has 3 N–H and O–H groups in total. The maximum absolute atomic E-state index is 14.5.